The standard InChI is InChI=1S/C26H35N9O3S/c1-32-17-26(31-19-32)39(37,38)35(10-4-3-5-25(36)30-9-8-27)22-12-21-11-20(13-28)6-7-24(21)34(15-22)16-23-14-29-18-33(23)2/h6-7,11,14,17-19,22H,3-5,8-10,12,15-16,27H2,1-2H3,(H,30,36). The van der Waals surface area contributed by atoms with Gasteiger partial charge >= 0.3 is 0 Å². The van der Waals surface area contributed by atoms with Crippen LogP contribution in [0.5, 0.6) is 0 Å². The summed E-state index contributed by atoms with van der Waals surface area (Å²) in [5, 5.41) is 12.2. The number of unbranched alkanes of at least 4 members (excludes halogenated alkanes) is 1. The molecular weight excluding hydrogens is 518 g/mol. The highest BCUT2D eigenvalue weighted by atomic mass is 32.2. The number of aryl methyl sites for hydroxylation is 2. The van der Waals surface area contributed by atoms with Gasteiger partial charge in [-0.2, -0.15) is 9.57 Å². The Morgan fingerprint density at radius 2 is 2.10 bits per heavy atom. The molecule has 12 nitrogen and oxygen atoms in total. The van der Waals surface area contributed by atoms with Crippen molar-refractivity contribution < 1.29 is 13.2 Å². The summed E-state index contributed by atoms with van der Waals surface area (Å²) in [5.74, 6) is -0.0995. The number of nitrogens with two attached hydrogens (primary N) is 1. The number of hydrogen-bond donors (Lipinski definition) is 2. The van der Waals surface area contributed by atoms with E-state index in [1.54, 1.807) is 30.2 Å². The van der Waals surface area contributed by atoms with E-state index < -0.39 is 16.1 Å². The second-order valence-electron chi connectivity index (χ2n) is 9.78. The number of nitrogens with one attached hydrogen (secondary N) is 1. The summed E-state index contributed by atoms with van der Waals surface area (Å²) in [6.07, 6.45) is 8.29. The van der Waals surface area contributed by atoms with Gasteiger partial charge in [-0.15, -0.1) is 0 Å². The first-order chi connectivity index (χ1) is 18.7. The largest absolute Gasteiger partial charge is 0.364 e. The second kappa shape index (κ2) is 12.4. The van der Waals surface area contributed by atoms with E-state index in [0.29, 0.717) is 57.4 Å². The zero-order chi connectivity index (χ0) is 28.0. The SMILES string of the molecule is Cn1cnc(S(=O)(=O)N(CCCCC(=O)NCCN)C2Cc3cc(C#N)ccc3N(Cc3cncn3C)C2)c1. The number of amides is 1. The van der Waals surface area contributed by atoms with Crippen molar-refractivity contribution in [2.24, 2.45) is 19.8 Å². The minimum Gasteiger partial charge on any atom is -0.364 e. The van der Waals surface area contributed by atoms with Crippen LogP contribution in [0.15, 0.2) is 48.3 Å². The molecule has 1 aliphatic rings. The van der Waals surface area contributed by atoms with Gasteiger partial charge in [0.15, 0.2) is 5.03 Å². The van der Waals surface area contributed by atoms with Crippen LogP contribution in [0.25, 0.3) is 0 Å². The van der Waals surface area contributed by atoms with Gasteiger partial charge in [-0.25, -0.2) is 18.4 Å². The molecule has 0 saturated heterocycles. The molecule has 1 aliphatic heterocycles. The van der Waals surface area contributed by atoms with E-state index in [1.807, 2.05) is 23.7 Å². The lowest BCUT2D eigenvalue weighted by molar-refractivity contribution is -0.121. The Bertz CT molecular complexity index is 1440. The molecule has 1 atom stereocenters. The fourth-order valence-corrected chi connectivity index (χ4v) is 6.49. The van der Waals surface area contributed by atoms with E-state index in [0.717, 1.165) is 16.9 Å². The predicted molar refractivity (Wildman–Crippen MR) is 146 cm³/mol. The Hall–Kier alpha value is -3.73. The minimum absolute atomic E-state index is 0.0135. The maximum Gasteiger partial charge on any atom is 0.262 e. The van der Waals surface area contributed by atoms with Crippen LogP contribution in [0, 0.1) is 11.3 Å². The number of carbonyl (C=O) groups excluding carboxylic acids is 1. The molecular formula is C26H35N9O3S. The number of hydrogen-bond acceptors (Lipinski definition) is 8. The summed E-state index contributed by atoms with van der Waals surface area (Å²) in [4.78, 5) is 22.6. The Morgan fingerprint density at radius 1 is 1.28 bits per heavy atom. The first-order valence-electron chi connectivity index (χ1n) is 12.9. The summed E-state index contributed by atoms with van der Waals surface area (Å²) in [6, 6.07) is 7.34. The van der Waals surface area contributed by atoms with Gasteiger partial charge in [0, 0.05) is 70.8 Å². The van der Waals surface area contributed by atoms with Crippen molar-refractivity contribution in [1.82, 2.24) is 28.7 Å². The highest BCUT2D eigenvalue weighted by Gasteiger charge is 2.37. The first kappa shape index (κ1) is 28.3. The van der Waals surface area contributed by atoms with Crippen LogP contribution >= 0.6 is 0 Å². The van der Waals surface area contributed by atoms with Crippen LogP contribution in [0.3, 0.4) is 0 Å². The molecule has 13 heteroatoms. The van der Waals surface area contributed by atoms with E-state index >= 15 is 0 Å². The molecule has 0 bridgehead atoms. The molecule has 0 spiro atoms. The van der Waals surface area contributed by atoms with Crippen LogP contribution in [0.2, 0.25) is 0 Å². The number of nitrogens with zero attached hydrogens (tertiary/aromatic N) is 7. The smallest absolute Gasteiger partial charge is 0.262 e. The fourth-order valence-electron chi connectivity index (χ4n) is 4.87. The van der Waals surface area contributed by atoms with Gasteiger partial charge < -0.3 is 25.1 Å². The lowest BCUT2D eigenvalue weighted by Crippen LogP contribution is -2.51. The Balaban J connectivity index is 1.63. The van der Waals surface area contributed by atoms with Crippen molar-refractivity contribution in [3.05, 3.63) is 60.1 Å². The van der Waals surface area contributed by atoms with E-state index in [-0.39, 0.29) is 17.5 Å². The van der Waals surface area contributed by atoms with Gasteiger partial charge in [-0.05, 0) is 43.0 Å². The number of fused-ring (bicyclic) bond motifs is 1. The average molecular weight is 554 g/mol. The maximum absolute atomic E-state index is 13.9. The number of carbonyl (C=O) groups is 1. The topological polar surface area (TPSA) is 155 Å². The van der Waals surface area contributed by atoms with Gasteiger partial charge in [0.25, 0.3) is 10.0 Å². The maximum atomic E-state index is 13.9. The van der Waals surface area contributed by atoms with Crippen molar-refractivity contribution in [1.29, 1.82) is 5.26 Å². The van der Waals surface area contributed by atoms with E-state index in [9.17, 15) is 18.5 Å². The molecule has 3 aromatic rings. The third-order valence-corrected chi connectivity index (χ3v) is 8.70. The Kier molecular flexibility index (Phi) is 9.01. The van der Waals surface area contributed by atoms with Crippen LogP contribution in [0.1, 0.15) is 36.1 Å². The summed E-state index contributed by atoms with van der Waals surface area (Å²) in [6.45, 7) is 2.00. The van der Waals surface area contributed by atoms with Crippen molar-refractivity contribution in [3.8, 4) is 6.07 Å². The summed E-state index contributed by atoms with van der Waals surface area (Å²) >= 11 is 0. The highest BCUT2D eigenvalue weighted by Crippen LogP contribution is 2.33. The number of rotatable bonds is 12. The van der Waals surface area contributed by atoms with Crippen LogP contribution in [-0.2, 0) is 41.9 Å². The minimum atomic E-state index is -3.93. The van der Waals surface area contributed by atoms with E-state index in [4.69, 9.17) is 5.73 Å². The van der Waals surface area contributed by atoms with E-state index in [1.165, 1.54) is 16.8 Å². The van der Waals surface area contributed by atoms with Crippen molar-refractivity contribution in [3.63, 3.8) is 0 Å². The molecule has 4 rings (SSSR count). The molecule has 1 amide bonds. The zero-order valence-corrected chi connectivity index (χ0v) is 23.1. The number of aromatic nitrogens is 4. The van der Waals surface area contributed by atoms with Gasteiger partial charge in [0.05, 0.1) is 36.5 Å². The summed E-state index contributed by atoms with van der Waals surface area (Å²) in [7, 11) is -0.282. The number of nitriles is 1. The molecule has 208 valence electrons. The van der Waals surface area contributed by atoms with Gasteiger partial charge in [-0.3, -0.25) is 4.79 Å². The summed E-state index contributed by atoms with van der Waals surface area (Å²) < 4.78 is 32.9. The molecule has 0 aliphatic carbocycles. The molecule has 3 heterocycles. The lowest BCUT2D eigenvalue weighted by atomic mass is 9.95. The highest BCUT2D eigenvalue weighted by molar-refractivity contribution is 7.89. The molecule has 1 unspecified atom stereocenters. The van der Waals surface area contributed by atoms with Crippen LogP contribution in [-0.4, -0.2) is 70.0 Å². The van der Waals surface area contributed by atoms with Crippen molar-refractivity contribution >= 4 is 21.6 Å². The Morgan fingerprint density at radius 3 is 2.77 bits per heavy atom. The monoisotopic (exact) mass is 553 g/mol. The second-order valence-corrected chi connectivity index (χ2v) is 11.6. The quantitative estimate of drug-likeness (QED) is 0.313. The first-order valence-corrected chi connectivity index (χ1v) is 14.4. The predicted octanol–water partition coefficient (Wildman–Crippen LogP) is 0.893. The van der Waals surface area contributed by atoms with Gasteiger partial charge in [0.2, 0.25) is 5.91 Å². The molecule has 0 saturated carbocycles. The molecule has 39 heavy (non-hydrogen) atoms. The van der Waals surface area contributed by atoms with Crippen molar-refractivity contribution in [2.45, 2.75) is 43.3 Å². The fraction of sp³-hybridized carbons (Fsp3) is 0.462. The van der Waals surface area contributed by atoms with Crippen LogP contribution < -0.4 is 16.0 Å². The molecule has 1 aromatic carbocycles. The third-order valence-electron chi connectivity index (χ3n) is 6.87. The molecule has 2 aromatic heterocycles. The zero-order valence-electron chi connectivity index (χ0n) is 22.3. The van der Waals surface area contributed by atoms with Crippen LogP contribution in [0.4, 0.5) is 5.69 Å². The number of anilines is 1. The van der Waals surface area contributed by atoms with Crippen molar-refractivity contribution in [2.75, 3.05) is 31.1 Å². The number of imidazole rings is 2. The summed E-state index contributed by atoms with van der Waals surface area (Å²) in [5.41, 5.74) is 8.84. The molecule has 0 fully saturated rings. The lowest BCUT2D eigenvalue weighted by Gasteiger charge is -2.40. The normalized spacial score (nSPS) is 15.3. The third kappa shape index (κ3) is 6.65. The Labute approximate surface area is 229 Å². The number of sulfonamides is 1. The van der Waals surface area contributed by atoms with E-state index in [2.05, 4.69) is 26.3 Å². The van der Waals surface area contributed by atoms with Gasteiger partial charge in [-0.1, -0.05) is 0 Å². The van der Waals surface area contributed by atoms with Gasteiger partial charge in [0.1, 0.15) is 0 Å². The number of benzene rings is 1. The average Bonchev–Trinajstić information content (AvgIpc) is 3.54. The molecule has 0 radical (unpaired) electrons. The molecule has 3 N–H and O–H groups in total.